The van der Waals surface area contributed by atoms with Crippen molar-refractivity contribution in [2.24, 2.45) is 0 Å². The number of rotatable bonds is 8. The van der Waals surface area contributed by atoms with Gasteiger partial charge in [0.25, 0.3) is 0 Å². The Morgan fingerprint density at radius 1 is 0.391 bits per heavy atom. The van der Waals surface area contributed by atoms with Gasteiger partial charge in [0.15, 0.2) is 17.5 Å². The number of aromatic nitrogens is 3. The van der Waals surface area contributed by atoms with E-state index in [1.165, 1.54) is 52.5 Å². The fourth-order valence-electron chi connectivity index (χ4n) is 10.3. The molecule has 0 aliphatic heterocycles. The standard InChI is InChI=1S/C59H48N3OP/c1-64(2,63)55-52-21-11-9-19-50(52)54(51-20-10-12-22-53(51)55)43-29-33-48(34-30-43)59(37-13-4-14-38-59)49-35-31-45(32-36-49)57-60-56(44-26-23-42(24-27-44)40-15-5-3-6-16-40)61-58(62-57)47-28-25-41-17-7-8-18-46(41)39-47/h3,5-12,15-36,39H,4,13-14,37-38H2,1-2H3. The van der Waals surface area contributed by atoms with Crippen molar-refractivity contribution in [1.29, 1.82) is 0 Å². The molecule has 0 bridgehead atoms. The summed E-state index contributed by atoms with van der Waals surface area (Å²) in [7, 11) is -2.58. The molecule has 1 fully saturated rings. The third-order valence-electron chi connectivity index (χ3n) is 13.5. The molecule has 0 saturated heterocycles. The monoisotopic (exact) mass is 845 g/mol. The Morgan fingerprint density at radius 2 is 0.812 bits per heavy atom. The normalized spacial score (nSPS) is 14.0. The molecule has 0 amide bonds. The third kappa shape index (κ3) is 7.22. The largest absolute Gasteiger partial charge is 0.319 e. The first kappa shape index (κ1) is 39.8. The van der Waals surface area contributed by atoms with Gasteiger partial charge in [-0.2, -0.15) is 0 Å². The summed E-state index contributed by atoms with van der Waals surface area (Å²) in [4.78, 5) is 15.4. The summed E-state index contributed by atoms with van der Waals surface area (Å²) in [6.45, 7) is 3.78. The highest BCUT2D eigenvalue weighted by Crippen LogP contribution is 2.48. The van der Waals surface area contributed by atoms with Crippen LogP contribution in [0.15, 0.2) is 194 Å². The lowest BCUT2D eigenvalue weighted by Crippen LogP contribution is -2.30. The Morgan fingerprint density at radius 3 is 1.38 bits per heavy atom. The fraction of sp³-hybridized carbons (Fsp3) is 0.136. The molecule has 1 aliphatic carbocycles. The van der Waals surface area contributed by atoms with Gasteiger partial charge >= 0.3 is 0 Å². The van der Waals surface area contributed by atoms with E-state index in [9.17, 15) is 4.57 Å². The van der Waals surface area contributed by atoms with Gasteiger partial charge in [-0.3, -0.25) is 0 Å². The molecule has 4 nitrogen and oxygen atoms in total. The average molecular weight is 846 g/mol. The van der Waals surface area contributed by atoms with E-state index in [4.69, 9.17) is 15.0 Å². The highest BCUT2D eigenvalue weighted by molar-refractivity contribution is 7.71. The zero-order valence-electron chi connectivity index (χ0n) is 36.2. The predicted octanol–water partition coefficient (Wildman–Crippen LogP) is 15.2. The zero-order valence-corrected chi connectivity index (χ0v) is 37.1. The molecule has 1 aromatic heterocycles. The minimum atomic E-state index is -2.58. The molecule has 5 heteroatoms. The maximum absolute atomic E-state index is 13.8. The number of hydrogen-bond acceptors (Lipinski definition) is 4. The van der Waals surface area contributed by atoms with E-state index in [1.807, 2.05) is 19.4 Å². The van der Waals surface area contributed by atoms with E-state index in [0.29, 0.717) is 17.5 Å². The molecule has 0 N–H and O–H groups in total. The Kier molecular flexibility index (Phi) is 10.1. The summed E-state index contributed by atoms with van der Waals surface area (Å²) in [6, 6.07) is 69.2. The van der Waals surface area contributed by atoms with E-state index in [2.05, 4.69) is 188 Å². The van der Waals surface area contributed by atoms with Crippen LogP contribution in [0.4, 0.5) is 0 Å². The van der Waals surface area contributed by atoms with E-state index >= 15 is 0 Å². The summed E-state index contributed by atoms with van der Waals surface area (Å²) in [5, 5.41) is 7.74. The minimum absolute atomic E-state index is 0.110. The second-order valence-electron chi connectivity index (χ2n) is 17.8. The second kappa shape index (κ2) is 16.3. The number of benzene rings is 9. The molecule has 1 saturated carbocycles. The quantitative estimate of drug-likeness (QED) is 0.113. The lowest BCUT2D eigenvalue weighted by atomic mass is 9.65. The number of nitrogens with zero attached hydrogens (tertiary/aromatic N) is 3. The molecule has 310 valence electrons. The lowest BCUT2D eigenvalue weighted by molar-refractivity contribution is 0.346. The second-order valence-corrected chi connectivity index (χ2v) is 20.9. The van der Waals surface area contributed by atoms with Crippen molar-refractivity contribution < 1.29 is 4.57 Å². The summed E-state index contributed by atoms with van der Waals surface area (Å²) >= 11 is 0. The van der Waals surface area contributed by atoms with Gasteiger partial charge in [-0.25, -0.2) is 15.0 Å². The zero-order chi connectivity index (χ0) is 43.3. The van der Waals surface area contributed by atoms with E-state index in [1.54, 1.807) is 0 Å². The first-order chi connectivity index (χ1) is 31.3. The topological polar surface area (TPSA) is 55.7 Å². The van der Waals surface area contributed by atoms with Gasteiger partial charge in [0.05, 0.1) is 0 Å². The van der Waals surface area contributed by atoms with Crippen molar-refractivity contribution in [3.63, 3.8) is 0 Å². The molecule has 64 heavy (non-hydrogen) atoms. The van der Waals surface area contributed by atoms with E-state index in [0.717, 1.165) is 67.3 Å². The summed E-state index contributed by atoms with van der Waals surface area (Å²) in [5.41, 5.74) is 10.1. The van der Waals surface area contributed by atoms with Crippen LogP contribution >= 0.6 is 7.14 Å². The van der Waals surface area contributed by atoms with Gasteiger partial charge in [-0.15, -0.1) is 0 Å². The summed E-state index contributed by atoms with van der Waals surface area (Å²) in [6.07, 6.45) is 5.80. The van der Waals surface area contributed by atoms with Gasteiger partial charge in [0.2, 0.25) is 0 Å². The molecule has 9 aromatic carbocycles. The van der Waals surface area contributed by atoms with Crippen molar-refractivity contribution in [3.05, 3.63) is 205 Å². The van der Waals surface area contributed by atoms with Gasteiger partial charge < -0.3 is 4.57 Å². The molecule has 0 radical (unpaired) electrons. The van der Waals surface area contributed by atoms with Gasteiger partial charge in [0, 0.05) is 27.4 Å². The van der Waals surface area contributed by atoms with E-state index < -0.39 is 7.14 Å². The van der Waals surface area contributed by atoms with Crippen LogP contribution in [0.3, 0.4) is 0 Å². The SMILES string of the molecule is CP(C)(=O)c1c2ccccc2c(-c2ccc(C3(c4ccc(-c5nc(-c6ccc(-c7ccccc7)cc6)nc(-c6ccc7ccccc7c6)n5)cc4)CCCCC3)cc2)c2ccccc12. The Labute approximate surface area is 375 Å². The lowest BCUT2D eigenvalue weighted by Gasteiger charge is -2.39. The molecule has 10 aromatic rings. The molecule has 0 spiro atoms. The summed E-state index contributed by atoms with van der Waals surface area (Å²) < 4.78 is 13.8. The fourth-order valence-corrected chi connectivity index (χ4v) is 11.9. The van der Waals surface area contributed by atoms with Crippen LogP contribution in [0.25, 0.3) is 88.7 Å². The molecule has 11 rings (SSSR count). The number of fused-ring (bicyclic) bond motifs is 3. The Balaban J connectivity index is 0.979. The molecule has 0 unspecified atom stereocenters. The van der Waals surface area contributed by atoms with Gasteiger partial charge in [-0.05, 0) is 97.9 Å². The van der Waals surface area contributed by atoms with Crippen LogP contribution in [0.1, 0.15) is 43.2 Å². The van der Waals surface area contributed by atoms with Crippen molar-refractivity contribution in [3.8, 4) is 56.4 Å². The summed E-state index contributed by atoms with van der Waals surface area (Å²) in [5.74, 6) is 1.95. The predicted molar refractivity (Wildman–Crippen MR) is 269 cm³/mol. The van der Waals surface area contributed by atoms with Crippen LogP contribution in [0.5, 0.6) is 0 Å². The maximum Gasteiger partial charge on any atom is 0.164 e. The van der Waals surface area contributed by atoms with Gasteiger partial charge in [-0.1, -0.05) is 207 Å². The highest BCUT2D eigenvalue weighted by atomic mass is 31.2. The average Bonchev–Trinajstić information content (AvgIpc) is 3.35. The highest BCUT2D eigenvalue weighted by Gasteiger charge is 2.36. The van der Waals surface area contributed by atoms with E-state index in [-0.39, 0.29) is 5.41 Å². The molecule has 0 atom stereocenters. The molecular weight excluding hydrogens is 798 g/mol. The van der Waals surface area contributed by atoms with Crippen molar-refractivity contribution in [1.82, 2.24) is 15.0 Å². The molecule has 1 aliphatic rings. The molecular formula is C59H48N3OP. The first-order valence-corrected chi connectivity index (χ1v) is 25.0. The Hall–Kier alpha value is -7.00. The number of hydrogen-bond donors (Lipinski definition) is 0. The Bertz CT molecular complexity index is 3330. The maximum atomic E-state index is 13.8. The van der Waals surface area contributed by atoms with Gasteiger partial charge in [0.1, 0.15) is 7.14 Å². The van der Waals surface area contributed by atoms with Crippen molar-refractivity contribution in [2.45, 2.75) is 37.5 Å². The first-order valence-electron chi connectivity index (χ1n) is 22.4. The molecule has 1 heterocycles. The van der Waals surface area contributed by atoms with Crippen molar-refractivity contribution in [2.75, 3.05) is 13.3 Å². The van der Waals surface area contributed by atoms with Crippen LogP contribution < -0.4 is 5.30 Å². The smallest absolute Gasteiger partial charge is 0.164 e. The third-order valence-corrected chi connectivity index (χ3v) is 15.0. The van der Waals surface area contributed by atoms with Crippen molar-refractivity contribution >= 4 is 44.8 Å². The minimum Gasteiger partial charge on any atom is -0.319 e. The van der Waals surface area contributed by atoms with Crippen LogP contribution in [0, 0.1) is 0 Å². The van der Waals surface area contributed by atoms with Crippen LogP contribution in [0.2, 0.25) is 0 Å². The van der Waals surface area contributed by atoms with Crippen LogP contribution in [-0.2, 0) is 9.98 Å². The van der Waals surface area contributed by atoms with Crippen LogP contribution in [-0.4, -0.2) is 28.3 Å².